The fourth-order valence-corrected chi connectivity index (χ4v) is 4.10. The van der Waals surface area contributed by atoms with Gasteiger partial charge in [-0.1, -0.05) is 37.6 Å². The molecule has 2 amide bonds. The van der Waals surface area contributed by atoms with Gasteiger partial charge >= 0.3 is 0 Å². The Hall–Kier alpha value is -2.44. The van der Waals surface area contributed by atoms with Gasteiger partial charge in [-0.3, -0.25) is 9.59 Å². The van der Waals surface area contributed by atoms with Crippen LogP contribution in [0.15, 0.2) is 42.6 Å². The molecule has 0 bridgehead atoms. The topological polar surface area (TPSA) is 74.3 Å². The van der Waals surface area contributed by atoms with Crippen LogP contribution in [-0.2, 0) is 4.79 Å². The van der Waals surface area contributed by atoms with E-state index in [4.69, 9.17) is 11.6 Å². The van der Waals surface area contributed by atoms with Gasteiger partial charge in [0.15, 0.2) is 0 Å². The molecule has 1 aliphatic heterocycles. The summed E-state index contributed by atoms with van der Waals surface area (Å²) in [7, 11) is 0. The molecule has 7 heteroatoms. The van der Waals surface area contributed by atoms with Crippen molar-refractivity contribution in [2.75, 3.05) is 23.7 Å². The predicted octanol–water partition coefficient (Wildman–Crippen LogP) is 4.83. The monoisotopic (exact) mass is 428 g/mol. The summed E-state index contributed by atoms with van der Waals surface area (Å²) in [4.78, 5) is 32.2. The first kappa shape index (κ1) is 22.2. The molecule has 1 aliphatic rings. The van der Waals surface area contributed by atoms with Crippen LogP contribution in [0.5, 0.6) is 0 Å². The van der Waals surface area contributed by atoms with Gasteiger partial charge in [0, 0.05) is 18.2 Å². The van der Waals surface area contributed by atoms with Gasteiger partial charge in [0.25, 0.3) is 5.91 Å². The van der Waals surface area contributed by atoms with Crippen LogP contribution >= 0.6 is 11.6 Å². The molecule has 1 aromatic heterocycles. The van der Waals surface area contributed by atoms with Crippen LogP contribution in [0.2, 0.25) is 5.02 Å². The molecule has 160 valence electrons. The number of pyridine rings is 1. The predicted molar refractivity (Wildman–Crippen MR) is 121 cm³/mol. The number of para-hydroxylation sites is 1. The molecule has 3 rings (SSSR count). The minimum Gasteiger partial charge on any atom is -0.325 e. The first-order chi connectivity index (χ1) is 14.5. The lowest BCUT2D eigenvalue weighted by molar-refractivity contribution is -0.121. The second kappa shape index (κ2) is 10.5. The average molecular weight is 429 g/mol. The minimum atomic E-state index is -0.329. The lowest BCUT2D eigenvalue weighted by Gasteiger charge is -2.36. The van der Waals surface area contributed by atoms with Crippen LogP contribution in [0.4, 0.5) is 11.5 Å². The van der Waals surface area contributed by atoms with Gasteiger partial charge in [-0.05, 0) is 63.0 Å². The number of carbonyl (C=O) groups is 2. The Bertz CT molecular complexity index is 860. The third-order valence-corrected chi connectivity index (χ3v) is 5.98. The molecular weight excluding hydrogens is 400 g/mol. The number of halogens is 1. The number of aromatic nitrogens is 1. The zero-order valence-electron chi connectivity index (χ0n) is 17.5. The highest BCUT2D eigenvalue weighted by molar-refractivity contribution is 6.30. The van der Waals surface area contributed by atoms with E-state index in [1.165, 1.54) is 6.20 Å². The Morgan fingerprint density at radius 3 is 2.43 bits per heavy atom. The van der Waals surface area contributed by atoms with Crippen LogP contribution in [0.1, 0.15) is 49.9 Å². The second-order valence-electron chi connectivity index (χ2n) is 7.63. The molecule has 1 fully saturated rings. The van der Waals surface area contributed by atoms with Crippen LogP contribution < -0.4 is 10.6 Å². The molecule has 30 heavy (non-hydrogen) atoms. The van der Waals surface area contributed by atoms with E-state index in [0.717, 1.165) is 38.8 Å². The van der Waals surface area contributed by atoms with E-state index in [9.17, 15) is 9.59 Å². The maximum Gasteiger partial charge on any atom is 0.258 e. The van der Waals surface area contributed by atoms with Crippen molar-refractivity contribution in [3.63, 3.8) is 0 Å². The Morgan fingerprint density at radius 2 is 1.80 bits per heavy atom. The van der Waals surface area contributed by atoms with Crippen molar-refractivity contribution in [1.82, 2.24) is 9.88 Å². The Balaban J connectivity index is 1.62. The Kier molecular flexibility index (Phi) is 7.82. The summed E-state index contributed by atoms with van der Waals surface area (Å²) in [6.45, 7) is 6.31. The lowest BCUT2D eigenvalue weighted by atomic mass is 9.93. The molecule has 0 aliphatic carbocycles. The minimum absolute atomic E-state index is 0.0240. The SMILES string of the molecule is CCC(CC)N1CCC(C(=O)Nc2ccccc2C(=O)Nc2ccc(Cl)cn2)CC1. The summed E-state index contributed by atoms with van der Waals surface area (Å²) in [6, 6.07) is 10.9. The molecule has 2 N–H and O–H groups in total. The number of benzene rings is 1. The van der Waals surface area contributed by atoms with Gasteiger partial charge in [0.2, 0.25) is 5.91 Å². The number of nitrogens with one attached hydrogen (secondary N) is 2. The number of likely N-dealkylation sites (tertiary alicyclic amines) is 1. The number of carbonyl (C=O) groups excluding carboxylic acids is 2. The van der Waals surface area contributed by atoms with Crippen molar-refractivity contribution >= 4 is 34.9 Å². The standard InChI is InChI=1S/C23H29ClN4O2/c1-3-18(4-2)28-13-11-16(12-14-28)22(29)26-20-8-6-5-7-19(20)23(30)27-21-10-9-17(24)15-25-21/h5-10,15-16,18H,3-4,11-14H2,1-2H3,(H,26,29)(H,25,27,30). The number of hydrogen-bond acceptors (Lipinski definition) is 4. The first-order valence-corrected chi connectivity index (χ1v) is 11.0. The molecular formula is C23H29ClN4O2. The molecule has 0 atom stereocenters. The fraction of sp³-hybridized carbons (Fsp3) is 0.435. The average Bonchev–Trinajstić information content (AvgIpc) is 2.77. The van der Waals surface area contributed by atoms with E-state index >= 15 is 0 Å². The van der Waals surface area contributed by atoms with Crippen molar-refractivity contribution in [1.29, 1.82) is 0 Å². The molecule has 2 heterocycles. The first-order valence-electron chi connectivity index (χ1n) is 10.6. The quantitative estimate of drug-likeness (QED) is 0.662. The van der Waals surface area contributed by atoms with Gasteiger partial charge in [0.05, 0.1) is 16.3 Å². The van der Waals surface area contributed by atoms with Crippen LogP contribution in [0, 0.1) is 5.92 Å². The molecule has 2 aromatic rings. The number of nitrogens with zero attached hydrogens (tertiary/aromatic N) is 2. The summed E-state index contributed by atoms with van der Waals surface area (Å²) in [5.74, 6) is 0.0114. The number of rotatable bonds is 7. The molecule has 6 nitrogen and oxygen atoms in total. The van der Waals surface area contributed by atoms with Crippen molar-refractivity contribution in [2.24, 2.45) is 5.92 Å². The van der Waals surface area contributed by atoms with Crippen LogP contribution in [-0.4, -0.2) is 40.8 Å². The zero-order chi connectivity index (χ0) is 21.5. The van der Waals surface area contributed by atoms with Gasteiger partial charge in [-0.25, -0.2) is 4.98 Å². The summed E-state index contributed by atoms with van der Waals surface area (Å²) in [6.07, 6.45) is 5.42. The van der Waals surface area contributed by atoms with Crippen LogP contribution in [0.3, 0.4) is 0 Å². The molecule has 1 aromatic carbocycles. The highest BCUT2D eigenvalue weighted by atomic mass is 35.5. The van der Waals surface area contributed by atoms with Crippen molar-refractivity contribution < 1.29 is 9.59 Å². The Labute approximate surface area is 183 Å². The third-order valence-electron chi connectivity index (χ3n) is 5.76. The highest BCUT2D eigenvalue weighted by Gasteiger charge is 2.28. The number of piperidine rings is 1. The van der Waals surface area contributed by atoms with Crippen molar-refractivity contribution in [2.45, 2.75) is 45.6 Å². The lowest BCUT2D eigenvalue weighted by Crippen LogP contribution is -2.43. The summed E-state index contributed by atoms with van der Waals surface area (Å²) in [5.41, 5.74) is 0.911. The van der Waals surface area contributed by atoms with E-state index in [1.807, 2.05) is 6.07 Å². The molecule has 0 unspecified atom stereocenters. The van der Waals surface area contributed by atoms with Crippen molar-refractivity contribution in [3.05, 3.63) is 53.2 Å². The Morgan fingerprint density at radius 1 is 1.10 bits per heavy atom. The summed E-state index contributed by atoms with van der Waals surface area (Å²) in [5, 5.41) is 6.21. The smallest absolute Gasteiger partial charge is 0.258 e. The summed E-state index contributed by atoms with van der Waals surface area (Å²) >= 11 is 5.84. The maximum atomic E-state index is 12.9. The number of anilines is 2. The van der Waals surface area contributed by atoms with Crippen LogP contribution in [0.25, 0.3) is 0 Å². The molecule has 0 spiro atoms. The normalized spacial score (nSPS) is 15.2. The van der Waals surface area contributed by atoms with Gasteiger partial charge in [0.1, 0.15) is 5.82 Å². The van der Waals surface area contributed by atoms with E-state index in [0.29, 0.717) is 28.1 Å². The van der Waals surface area contributed by atoms with E-state index < -0.39 is 0 Å². The molecule has 0 radical (unpaired) electrons. The third kappa shape index (κ3) is 5.58. The highest BCUT2D eigenvalue weighted by Crippen LogP contribution is 2.24. The van der Waals surface area contributed by atoms with E-state index in [-0.39, 0.29) is 17.7 Å². The van der Waals surface area contributed by atoms with Crippen molar-refractivity contribution in [3.8, 4) is 0 Å². The maximum absolute atomic E-state index is 12.9. The number of amides is 2. The van der Waals surface area contributed by atoms with Gasteiger partial charge in [-0.15, -0.1) is 0 Å². The molecule has 1 saturated heterocycles. The number of hydrogen-bond donors (Lipinski definition) is 2. The van der Waals surface area contributed by atoms with Gasteiger partial charge < -0.3 is 15.5 Å². The fourth-order valence-electron chi connectivity index (χ4n) is 3.99. The largest absolute Gasteiger partial charge is 0.325 e. The van der Waals surface area contributed by atoms with Gasteiger partial charge in [-0.2, -0.15) is 0 Å². The van der Waals surface area contributed by atoms with E-state index in [2.05, 4.69) is 34.4 Å². The van der Waals surface area contributed by atoms with E-state index in [1.54, 1.807) is 30.3 Å². The second-order valence-corrected chi connectivity index (χ2v) is 8.07. The zero-order valence-corrected chi connectivity index (χ0v) is 18.3. The molecule has 0 saturated carbocycles. The summed E-state index contributed by atoms with van der Waals surface area (Å²) < 4.78 is 0.